The molecule has 0 aliphatic heterocycles. The van der Waals surface area contributed by atoms with Crippen LogP contribution in [0.15, 0.2) is 53.6 Å². The number of aryl methyl sites for hydroxylation is 1. The fourth-order valence-electron chi connectivity index (χ4n) is 2.34. The van der Waals surface area contributed by atoms with Crippen LogP contribution in [-0.4, -0.2) is 14.7 Å². The van der Waals surface area contributed by atoms with Crippen molar-refractivity contribution in [3.63, 3.8) is 0 Å². The summed E-state index contributed by atoms with van der Waals surface area (Å²) in [4.78, 5) is 16.3. The summed E-state index contributed by atoms with van der Waals surface area (Å²) in [7, 11) is 0. The van der Waals surface area contributed by atoms with Crippen LogP contribution in [0.4, 0.5) is 0 Å². The molecular weight excluding hydrogens is 252 g/mol. The molecule has 0 saturated carbocycles. The van der Waals surface area contributed by atoms with Gasteiger partial charge in [0.1, 0.15) is 5.75 Å². The molecule has 0 atom stereocenters. The zero-order chi connectivity index (χ0) is 14.1. The molecule has 1 N–H and O–H groups in total. The Bertz CT molecular complexity index is 823. The lowest BCUT2D eigenvalue weighted by molar-refractivity contribution is 0.478. The highest BCUT2D eigenvalue weighted by Crippen LogP contribution is 2.22. The van der Waals surface area contributed by atoms with Crippen molar-refractivity contribution in [3.05, 3.63) is 70.3 Å². The van der Waals surface area contributed by atoms with Gasteiger partial charge in [-0.1, -0.05) is 30.3 Å². The normalized spacial score (nSPS) is 10.8. The summed E-state index contributed by atoms with van der Waals surface area (Å²) in [6, 6.07) is 11.5. The van der Waals surface area contributed by atoms with Gasteiger partial charge in [0.05, 0.1) is 24.5 Å². The summed E-state index contributed by atoms with van der Waals surface area (Å²) in [5.41, 5.74) is 2.22. The third kappa shape index (κ3) is 2.05. The third-order valence-electron chi connectivity index (χ3n) is 3.36. The number of hydrogen-bond acceptors (Lipinski definition) is 3. The minimum Gasteiger partial charge on any atom is -0.506 e. The van der Waals surface area contributed by atoms with Gasteiger partial charge in [0, 0.05) is 10.9 Å². The number of aromatic nitrogens is 2. The zero-order valence-electron chi connectivity index (χ0n) is 11.1. The van der Waals surface area contributed by atoms with Crippen LogP contribution in [-0.2, 0) is 6.54 Å². The van der Waals surface area contributed by atoms with E-state index in [-0.39, 0.29) is 11.3 Å². The number of rotatable bonds is 2. The van der Waals surface area contributed by atoms with Crippen molar-refractivity contribution >= 4 is 10.9 Å². The lowest BCUT2D eigenvalue weighted by atomic mass is 10.1. The first-order chi connectivity index (χ1) is 9.66. The van der Waals surface area contributed by atoms with Gasteiger partial charge < -0.3 is 9.67 Å². The fraction of sp³-hybridized carbons (Fsp3) is 0.125. The molecule has 2 heterocycles. The SMILES string of the molecule is Cc1cc2c(O)cncc2n(Cc2ccccc2)c1=O. The summed E-state index contributed by atoms with van der Waals surface area (Å²) in [5, 5.41) is 10.5. The van der Waals surface area contributed by atoms with Crippen LogP contribution in [0, 0.1) is 6.92 Å². The van der Waals surface area contributed by atoms with E-state index in [2.05, 4.69) is 4.98 Å². The molecule has 0 aliphatic carbocycles. The molecule has 100 valence electrons. The quantitative estimate of drug-likeness (QED) is 0.775. The van der Waals surface area contributed by atoms with E-state index in [1.54, 1.807) is 23.8 Å². The van der Waals surface area contributed by atoms with E-state index in [1.165, 1.54) is 6.20 Å². The van der Waals surface area contributed by atoms with E-state index in [0.717, 1.165) is 5.56 Å². The topological polar surface area (TPSA) is 55.1 Å². The lowest BCUT2D eigenvalue weighted by Gasteiger charge is -2.12. The van der Waals surface area contributed by atoms with Crippen LogP contribution in [0.25, 0.3) is 10.9 Å². The lowest BCUT2D eigenvalue weighted by Crippen LogP contribution is -2.23. The first-order valence-electron chi connectivity index (χ1n) is 6.38. The van der Waals surface area contributed by atoms with Crippen LogP contribution in [0.5, 0.6) is 5.75 Å². The van der Waals surface area contributed by atoms with Crippen LogP contribution in [0.1, 0.15) is 11.1 Å². The summed E-state index contributed by atoms with van der Waals surface area (Å²) in [5.74, 6) is 0.0902. The van der Waals surface area contributed by atoms with Gasteiger partial charge in [-0.15, -0.1) is 0 Å². The fourth-order valence-corrected chi connectivity index (χ4v) is 2.34. The standard InChI is InChI=1S/C16H14N2O2/c1-11-7-13-14(8-17-9-15(13)19)18(16(11)20)10-12-5-3-2-4-6-12/h2-9,19H,10H2,1H3. The van der Waals surface area contributed by atoms with E-state index < -0.39 is 0 Å². The first-order valence-corrected chi connectivity index (χ1v) is 6.38. The van der Waals surface area contributed by atoms with Gasteiger partial charge in [-0.05, 0) is 18.6 Å². The maximum atomic E-state index is 12.4. The zero-order valence-corrected chi connectivity index (χ0v) is 11.1. The Labute approximate surface area is 116 Å². The van der Waals surface area contributed by atoms with Gasteiger partial charge in [-0.2, -0.15) is 0 Å². The molecule has 0 aliphatic rings. The van der Waals surface area contributed by atoms with Crippen molar-refractivity contribution in [3.8, 4) is 5.75 Å². The first kappa shape index (κ1) is 12.4. The highest BCUT2D eigenvalue weighted by atomic mass is 16.3. The molecule has 2 aromatic heterocycles. The maximum Gasteiger partial charge on any atom is 0.254 e. The van der Waals surface area contributed by atoms with E-state index in [0.29, 0.717) is 23.0 Å². The average Bonchev–Trinajstić information content (AvgIpc) is 2.46. The van der Waals surface area contributed by atoms with Gasteiger partial charge in [-0.3, -0.25) is 9.78 Å². The molecule has 4 nitrogen and oxygen atoms in total. The number of fused-ring (bicyclic) bond motifs is 1. The van der Waals surface area contributed by atoms with E-state index >= 15 is 0 Å². The minimum atomic E-state index is -0.0613. The second kappa shape index (κ2) is 4.81. The average molecular weight is 266 g/mol. The molecule has 0 amide bonds. The molecule has 4 heteroatoms. The van der Waals surface area contributed by atoms with Crippen molar-refractivity contribution in [1.29, 1.82) is 0 Å². The minimum absolute atomic E-state index is 0.0613. The van der Waals surface area contributed by atoms with Crippen LogP contribution in [0.3, 0.4) is 0 Å². The van der Waals surface area contributed by atoms with Crippen molar-refractivity contribution in [2.24, 2.45) is 0 Å². The molecule has 1 aromatic carbocycles. The van der Waals surface area contributed by atoms with Gasteiger partial charge in [0.25, 0.3) is 5.56 Å². The van der Waals surface area contributed by atoms with Crippen LogP contribution < -0.4 is 5.56 Å². The third-order valence-corrected chi connectivity index (χ3v) is 3.36. The monoisotopic (exact) mass is 266 g/mol. The second-order valence-electron chi connectivity index (χ2n) is 4.80. The number of hydrogen-bond donors (Lipinski definition) is 1. The Morgan fingerprint density at radius 2 is 1.95 bits per heavy atom. The molecule has 0 saturated heterocycles. The Balaban J connectivity index is 2.26. The molecule has 0 fully saturated rings. The Morgan fingerprint density at radius 1 is 1.20 bits per heavy atom. The second-order valence-corrected chi connectivity index (χ2v) is 4.80. The predicted molar refractivity (Wildman–Crippen MR) is 77.9 cm³/mol. The number of aromatic hydroxyl groups is 1. The predicted octanol–water partition coefficient (Wildman–Crippen LogP) is 2.46. The summed E-state index contributed by atoms with van der Waals surface area (Å²) < 4.78 is 1.65. The molecule has 0 radical (unpaired) electrons. The molecule has 0 spiro atoms. The Morgan fingerprint density at radius 3 is 2.70 bits per heavy atom. The summed E-state index contributed by atoms with van der Waals surface area (Å²) >= 11 is 0. The molecule has 3 aromatic rings. The highest BCUT2D eigenvalue weighted by Gasteiger charge is 2.10. The van der Waals surface area contributed by atoms with Gasteiger partial charge in [0.15, 0.2) is 0 Å². The van der Waals surface area contributed by atoms with Crippen LogP contribution >= 0.6 is 0 Å². The largest absolute Gasteiger partial charge is 0.506 e. The summed E-state index contributed by atoms with van der Waals surface area (Å²) in [6.07, 6.45) is 3.00. The number of benzene rings is 1. The van der Waals surface area contributed by atoms with E-state index in [1.807, 2.05) is 30.3 Å². The Kier molecular flexibility index (Phi) is 2.99. The molecule has 0 bridgehead atoms. The van der Waals surface area contributed by atoms with E-state index in [9.17, 15) is 9.90 Å². The maximum absolute atomic E-state index is 12.4. The molecule has 0 unspecified atom stereocenters. The molecule has 20 heavy (non-hydrogen) atoms. The number of nitrogens with zero attached hydrogens (tertiary/aromatic N) is 2. The molecule has 3 rings (SSSR count). The van der Waals surface area contributed by atoms with Gasteiger partial charge in [0.2, 0.25) is 0 Å². The molecular formula is C16H14N2O2. The van der Waals surface area contributed by atoms with Crippen LogP contribution in [0.2, 0.25) is 0 Å². The van der Waals surface area contributed by atoms with Gasteiger partial charge >= 0.3 is 0 Å². The van der Waals surface area contributed by atoms with Gasteiger partial charge in [-0.25, -0.2) is 0 Å². The van der Waals surface area contributed by atoms with Crippen molar-refractivity contribution in [2.45, 2.75) is 13.5 Å². The van der Waals surface area contributed by atoms with E-state index in [4.69, 9.17) is 0 Å². The Hall–Kier alpha value is -2.62. The smallest absolute Gasteiger partial charge is 0.254 e. The van der Waals surface area contributed by atoms with Crippen molar-refractivity contribution < 1.29 is 5.11 Å². The highest BCUT2D eigenvalue weighted by molar-refractivity contribution is 5.84. The summed E-state index contributed by atoms with van der Waals surface area (Å²) in [6.45, 7) is 2.21. The van der Waals surface area contributed by atoms with Crippen molar-refractivity contribution in [1.82, 2.24) is 9.55 Å². The van der Waals surface area contributed by atoms with Crippen molar-refractivity contribution in [2.75, 3.05) is 0 Å². The number of pyridine rings is 2.